The first kappa shape index (κ1) is 24.9. The number of imide groups is 1. The largest absolute Gasteiger partial charge is 0.384 e. The van der Waals surface area contributed by atoms with E-state index in [4.69, 9.17) is 9.72 Å². The molecule has 4 heterocycles. The fraction of sp³-hybridized carbons (Fsp3) is 0.300. The zero-order valence-corrected chi connectivity index (χ0v) is 21.8. The predicted molar refractivity (Wildman–Crippen MR) is 147 cm³/mol. The van der Waals surface area contributed by atoms with Crippen molar-refractivity contribution in [1.29, 1.82) is 0 Å². The normalized spacial score (nSPS) is 15.6. The van der Waals surface area contributed by atoms with Gasteiger partial charge >= 0.3 is 0 Å². The van der Waals surface area contributed by atoms with Crippen LogP contribution in [0.25, 0.3) is 28.0 Å². The Bertz CT molecular complexity index is 1600. The molecule has 0 atom stereocenters. The van der Waals surface area contributed by atoms with Crippen LogP contribution in [0.4, 0.5) is 0 Å². The van der Waals surface area contributed by atoms with Crippen LogP contribution in [-0.2, 0) is 22.5 Å². The quantitative estimate of drug-likeness (QED) is 0.307. The summed E-state index contributed by atoms with van der Waals surface area (Å²) in [6.45, 7) is 2.82. The molecule has 0 bridgehead atoms. The SMILES string of the molecule is COCCc1nc2cnc3ccc(/C=C/N4C(=O)c5ccccc5C4=O)cc3c2n1CCCN1CCCC1=O. The number of pyridine rings is 1. The molecule has 4 aromatic rings. The number of fused-ring (bicyclic) bond motifs is 4. The number of imidazole rings is 1. The topological polar surface area (TPSA) is 97.6 Å². The highest BCUT2D eigenvalue weighted by atomic mass is 16.5. The maximum absolute atomic E-state index is 12.8. The maximum Gasteiger partial charge on any atom is 0.265 e. The van der Waals surface area contributed by atoms with Gasteiger partial charge in [0.2, 0.25) is 5.91 Å². The summed E-state index contributed by atoms with van der Waals surface area (Å²) in [7, 11) is 1.68. The highest BCUT2D eigenvalue weighted by Gasteiger charge is 2.33. The average molecular weight is 524 g/mol. The van der Waals surface area contributed by atoms with Crippen LogP contribution in [-0.4, -0.2) is 68.9 Å². The molecule has 0 saturated carbocycles. The molecule has 9 nitrogen and oxygen atoms in total. The first-order chi connectivity index (χ1) is 19.0. The highest BCUT2D eigenvalue weighted by Crippen LogP contribution is 2.28. The predicted octanol–water partition coefficient (Wildman–Crippen LogP) is 4.05. The molecular weight excluding hydrogens is 494 g/mol. The van der Waals surface area contributed by atoms with Gasteiger partial charge < -0.3 is 14.2 Å². The summed E-state index contributed by atoms with van der Waals surface area (Å²) in [5.41, 5.74) is 4.28. The van der Waals surface area contributed by atoms with E-state index in [-0.39, 0.29) is 17.7 Å². The van der Waals surface area contributed by atoms with E-state index in [1.54, 1.807) is 43.6 Å². The van der Waals surface area contributed by atoms with E-state index in [2.05, 4.69) is 9.55 Å². The third kappa shape index (κ3) is 4.59. The van der Waals surface area contributed by atoms with Gasteiger partial charge in [0.1, 0.15) is 11.3 Å². The van der Waals surface area contributed by atoms with Gasteiger partial charge in [-0.05, 0) is 48.7 Å². The van der Waals surface area contributed by atoms with Gasteiger partial charge in [0.05, 0.1) is 35.0 Å². The van der Waals surface area contributed by atoms with Crippen molar-refractivity contribution >= 4 is 45.7 Å². The molecule has 2 aromatic carbocycles. The molecule has 0 aliphatic carbocycles. The molecule has 9 heteroatoms. The number of hydrogen-bond donors (Lipinski definition) is 0. The van der Waals surface area contributed by atoms with Crippen molar-refractivity contribution in [3.63, 3.8) is 0 Å². The standard InChI is InChI=1S/C30H29N5O4/c1-39-17-12-26-32-25-19-31-24-10-9-20(11-16-35-29(37)21-6-2-3-7-22(21)30(35)38)18-23(24)28(25)34(26)15-5-14-33-13-4-8-27(33)36/h2-3,6-7,9-11,16,18-19H,4-5,8,12-15,17H2,1H3/b16-11+. The van der Waals surface area contributed by atoms with Gasteiger partial charge in [-0.15, -0.1) is 0 Å². The highest BCUT2D eigenvalue weighted by molar-refractivity contribution is 6.22. The van der Waals surface area contributed by atoms with Crippen molar-refractivity contribution < 1.29 is 19.1 Å². The second-order valence-electron chi connectivity index (χ2n) is 9.87. The summed E-state index contributed by atoms with van der Waals surface area (Å²) in [5, 5.41) is 0.936. The smallest absolute Gasteiger partial charge is 0.265 e. The molecule has 3 amide bonds. The summed E-state index contributed by atoms with van der Waals surface area (Å²) in [6, 6.07) is 12.7. The Morgan fingerprint density at radius 1 is 1.00 bits per heavy atom. The van der Waals surface area contributed by atoms with Gasteiger partial charge in [0.15, 0.2) is 0 Å². The third-order valence-electron chi connectivity index (χ3n) is 7.43. The minimum atomic E-state index is -0.325. The van der Waals surface area contributed by atoms with E-state index in [1.165, 1.54) is 6.20 Å². The van der Waals surface area contributed by atoms with Crippen LogP contribution in [0.1, 0.15) is 51.4 Å². The summed E-state index contributed by atoms with van der Waals surface area (Å²) in [4.78, 5) is 50.2. The van der Waals surface area contributed by atoms with Crippen molar-refractivity contribution in [2.75, 3.05) is 26.8 Å². The Morgan fingerprint density at radius 3 is 2.51 bits per heavy atom. The molecule has 2 aliphatic heterocycles. The second-order valence-corrected chi connectivity index (χ2v) is 9.87. The van der Waals surface area contributed by atoms with Crippen molar-refractivity contribution in [2.45, 2.75) is 32.2 Å². The maximum atomic E-state index is 12.8. The Hall–Kier alpha value is -4.37. The first-order valence-corrected chi connectivity index (χ1v) is 13.2. The first-order valence-electron chi connectivity index (χ1n) is 13.2. The second kappa shape index (κ2) is 10.4. The van der Waals surface area contributed by atoms with Gasteiger partial charge in [-0.2, -0.15) is 0 Å². The van der Waals surface area contributed by atoms with Gasteiger partial charge in [-0.25, -0.2) is 9.88 Å². The number of benzene rings is 2. The van der Waals surface area contributed by atoms with Crippen molar-refractivity contribution in [3.8, 4) is 0 Å². The number of ether oxygens (including phenoxy) is 1. The van der Waals surface area contributed by atoms with Gasteiger partial charge in [-0.3, -0.25) is 19.4 Å². The lowest BCUT2D eigenvalue weighted by atomic mass is 10.1. The Kier molecular flexibility index (Phi) is 6.66. The molecule has 2 aliphatic rings. The van der Waals surface area contributed by atoms with Crippen LogP contribution in [0.5, 0.6) is 0 Å². The van der Waals surface area contributed by atoms with E-state index in [0.717, 1.165) is 64.2 Å². The molecule has 1 saturated heterocycles. The number of likely N-dealkylation sites (tertiary alicyclic amines) is 1. The molecule has 2 aromatic heterocycles. The summed E-state index contributed by atoms with van der Waals surface area (Å²) in [6.07, 6.45) is 8.15. The summed E-state index contributed by atoms with van der Waals surface area (Å²) in [5.74, 6) is 0.498. The van der Waals surface area contributed by atoms with E-state index < -0.39 is 0 Å². The van der Waals surface area contributed by atoms with Gasteiger partial charge in [0.25, 0.3) is 11.8 Å². The average Bonchev–Trinajstić information content (AvgIpc) is 3.60. The number of carbonyl (C=O) groups is 3. The molecule has 1 fully saturated rings. The van der Waals surface area contributed by atoms with Crippen LogP contribution in [0.15, 0.2) is 54.9 Å². The van der Waals surface area contributed by atoms with Gasteiger partial charge in [-0.1, -0.05) is 18.2 Å². The molecule has 0 N–H and O–H groups in total. The van der Waals surface area contributed by atoms with Crippen LogP contribution in [0.2, 0.25) is 0 Å². The molecule has 0 radical (unpaired) electrons. The molecule has 0 spiro atoms. The number of hydrogen-bond acceptors (Lipinski definition) is 6. The minimum Gasteiger partial charge on any atom is -0.384 e. The Morgan fingerprint density at radius 2 is 1.79 bits per heavy atom. The van der Waals surface area contributed by atoms with Crippen molar-refractivity contribution in [3.05, 3.63) is 77.4 Å². The fourth-order valence-corrected chi connectivity index (χ4v) is 5.47. The molecule has 39 heavy (non-hydrogen) atoms. The van der Waals surface area contributed by atoms with E-state index in [0.29, 0.717) is 37.1 Å². The monoisotopic (exact) mass is 523 g/mol. The lowest BCUT2D eigenvalue weighted by Gasteiger charge is -2.16. The van der Waals surface area contributed by atoms with Gasteiger partial charge in [0, 0.05) is 51.2 Å². The number of aryl methyl sites for hydroxylation is 1. The van der Waals surface area contributed by atoms with E-state index >= 15 is 0 Å². The van der Waals surface area contributed by atoms with Crippen LogP contribution in [0, 0.1) is 0 Å². The lowest BCUT2D eigenvalue weighted by Crippen LogP contribution is -2.26. The van der Waals surface area contributed by atoms with E-state index in [1.807, 2.05) is 23.1 Å². The summed E-state index contributed by atoms with van der Waals surface area (Å²) < 4.78 is 7.55. The Balaban J connectivity index is 1.33. The van der Waals surface area contributed by atoms with E-state index in [9.17, 15) is 14.4 Å². The van der Waals surface area contributed by atoms with Crippen LogP contribution < -0.4 is 0 Å². The number of aromatic nitrogens is 3. The molecule has 0 unspecified atom stereocenters. The third-order valence-corrected chi connectivity index (χ3v) is 7.43. The zero-order chi connectivity index (χ0) is 26.9. The number of rotatable bonds is 9. The molecule has 6 rings (SSSR count). The number of nitrogens with zero attached hydrogens (tertiary/aromatic N) is 5. The van der Waals surface area contributed by atoms with Crippen molar-refractivity contribution in [2.24, 2.45) is 0 Å². The Labute approximate surface area is 225 Å². The number of amides is 3. The lowest BCUT2D eigenvalue weighted by molar-refractivity contribution is -0.127. The van der Waals surface area contributed by atoms with Crippen LogP contribution >= 0.6 is 0 Å². The zero-order valence-electron chi connectivity index (χ0n) is 21.8. The fourth-order valence-electron chi connectivity index (χ4n) is 5.47. The molecule has 198 valence electrons. The van der Waals surface area contributed by atoms with Crippen molar-refractivity contribution in [1.82, 2.24) is 24.3 Å². The number of methoxy groups -OCH3 is 1. The molecular formula is C30H29N5O4. The number of carbonyl (C=O) groups excluding carboxylic acids is 3. The minimum absolute atomic E-state index is 0.231. The summed E-state index contributed by atoms with van der Waals surface area (Å²) >= 11 is 0. The van der Waals surface area contributed by atoms with Crippen LogP contribution in [0.3, 0.4) is 0 Å².